The second-order valence-electron chi connectivity index (χ2n) is 4.93. The van der Waals surface area contributed by atoms with Crippen molar-refractivity contribution in [3.63, 3.8) is 0 Å². The normalized spacial score (nSPS) is 12.2. The highest BCUT2D eigenvalue weighted by atomic mass is 32.1. The molecule has 0 amide bonds. The third-order valence-electron chi connectivity index (χ3n) is 3.69. The molecule has 0 spiro atoms. The highest BCUT2D eigenvalue weighted by Gasteiger charge is 2.13. The standard InChI is InChI=1S/C17H23NO2S/c1-5-13-8-9-21-17(13)11-18-12(2)15-10-14(19-3)6-7-16(15)20-4/h6-10,12,18H,5,11H2,1-4H3. The third-order valence-corrected chi connectivity index (χ3v) is 4.65. The van der Waals surface area contributed by atoms with E-state index in [1.54, 1.807) is 14.2 Å². The lowest BCUT2D eigenvalue weighted by atomic mass is 10.1. The van der Waals surface area contributed by atoms with Crippen molar-refractivity contribution < 1.29 is 9.47 Å². The van der Waals surface area contributed by atoms with Gasteiger partial charge < -0.3 is 14.8 Å². The molecule has 1 heterocycles. The van der Waals surface area contributed by atoms with Gasteiger partial charge in [0.25, 0.3) is 0 Å². The molecule has 1 N–H and O–H groups in total. The minimum atomic E-state index is 0.196. The zero-order valence-corrected chi connectivity index (χ0v) is 13.9. The van der Waals surface area contributed by atoms with Crippen molar-refractivity contribution in [3.05, 3.63) is 45.6 Å². The van der Waals surface area contributed by atoms with E-state index >= 15 is 0 Å². The molecule has 0 saturated carbocycles. The Bertz CT molecular complexity index is 580. The van der Waals surface area contributed by atoms with Gasteiger partial charge in [0.2, 0.25) is 0 Å². The first-order chi connectivity index (χ1) is 10.2. The SMILES string of the molecule is CCc1ccsc1CNC(C)c1cc(OC)ccc1OC. The molecular formula is C17H23NO2S. The summed E-state index contributed by atoms with van der Waals surface area (Å²) in [5.41, 5.74) is 2.55. The van der Waals surface area contributed by atoms with Crippen molar-refractivity contribution in [3.8, 4) is 11.5 Å². The van der Waals surface area contributed by atoms with Gasteiger partial charge in [-0.15, -0.1) is 11.3 Å². The van der Waals surface area contributed by atoms with Gasteiger partial charge in [-0.3, -0.25) is 0 Å². The molecule has 0 aliphatic heterocycles. The Morgan fingerprint density at radius 1 is 1.19 bits per heavy atom. The predicted octanol–water partition coefficient (Wildman–Crippen LogP) is 4.18. The quantitative estimate of drug-likeness (QED) is 0.832. The first-order valence-electron chi connectivity index (χ1n) is 7.20. The summed E-state index contributed by atoms with van der Waals surface area (Å²) in [4.78, 5) is 1.41. The summed E-state index contributed by atoms with van der Waals surface area (Å²) in [6, 6.07) is 8.31. The van der Waals surface area contributed by atoms with Gasteiger partial charge in [0.15, 0.2) is 0 Å². The molecule has 0 aliphatic rings. The van der Waals surface area contributed by atoms with Crippen molar-refractivity contribution in [1.82, 2.24) is 5.32 Å². The molecule has 0 bridgehead atoms. The van der Waals surface area contributed by atoms with Gasteiger partial charge in [-0.1, -0.05) is 6.92 Å². The summed E-state index contributed by atoms with van der Waals surface area (Å²) < 4.78 is 10.8. The topological polar surface area (TPSA) is 30.5 Å². The van der Waals surface area contributed by atoms with Gasteiger partial charge in [-0.25, -0.2) is 0 Å². The second-order valence-corrected chi connectivity index (χ2v) is 5.93. The number of ether oxygens (including phenoxy) is 2. The predicted molar refractivity (Wildman–Crippen MR) is 88.5 cm³/mol. The lowest BCUT2D eigenvalue weighted by molar-refractivity contribution is 0.391. The number of methoxy groups -OCH3 is 2. The first kappa shape index (κ1) is 15.9. The maximum Gasteiger partial charge on any atom is 0.123 e. The molecule has 0 fully saturated rings. The Hall–Kier alpha value is -1.52. The Kier molecular flexibility index (Phi) is 5.65. The maximum atomic E-state index is 5.45. The highest BCUT2D eigenvalue weighted by Crippen LogP contribution is 2.29. The Morgan fingerprint density at radius 3 is 2.67 bits per heavy atom. The smallest absolute Gasteiger partial charge is 0.123 e. The molecule has 0 saturated heterocycles. The average molecular weight is 305 g/mol. The number of benzene rings is 1. The molecule has 114 valence electrons. The molecule has 2 rings (SSSR count). The van der Waals surface area contributed by atoms with Gasteiger partial charge in [0.1, 0.15) is 11.5 Å². The number of hydrogen-bond donors (Lipinski definition) is 1. The van der Waals surface area contributed by atoms with E-state index in [0.717, 1.165) is 30.0 Å². The lowest BCUT2D eigenvalue weighted by Crippen LogP contribution is -2.18. The van der Waals surface area contributed by atoms with Crippen LogP contribution in [0, 0.1) is 0 Å². The minimum Gasteiger partial charge on any atom is -0.497 e. The van der Waals surface area contributed by atoms with Crippen molar-refractivity contribution in [2.75, 3.05) is 14.2 Å². The van der Waals surface area contributed by atoms with Crippen LogP contribution in [0.1, 0.15) is 35.9 Å². The zero-order valence-electron chi connectivity index (χ0n) is 13.1. The number of aryl methyl sites for hydroxylation is 1. The minimum absolute atomic E-state index is 0.196. The number of nitrogens with one attached hydrogen (secondary N) is 1. The monoisotopic (exact) mass is 305 g/mol. The molecule has 1 unspecified atom stereocenters. The fourth-order valence-electron chi connectivity index (χ4n) is 2.37. The molecule has 1 aromatic carbocycles. The molecule has 2 aromatic rings. The molecule has 1 atom stereocenters. The van der Waals surface area contributed by atoms with Gasteiger partial charge in [0, 0.05) is 23.0 Å². The van der Waals surface area contributed by atoms with Crippen LogP contribution in [0.25, 0.3) is 0 Å². The van der Waals surface area contributed by atoms with E-state index in [0.29, 0.717) is 0 Å². The van der Waals surface area contributed by atoms with Crippen LogP contribution in [0.5, 0.6) is 11.5 Å². The van der Waals surface area contributed by atoms with Crippen LogP contribution in [0.4, 0.5) is 0 Å². The van der Waals surface area contributed by atoms with Crippen molar-refractivity contribution >= 4 is 11.3 Å². The summed E-state index contributed by atoms with van der Waals surface area (Å²) in [6.07, 6.45) is 1.08. The summed E-state index contributed by atoms with van der Waals surface area (Å²) in [6.45, 7) is 5.22. The second kappa shape index (κ2) is 7.48. The third kappa shape index (κ3) is 3.77. The van der Waals surface area contributed by atoms with Gasteiger partial charge in [-0.2, -0.15) is 0 Å². The Labute approximate surface area is 130 Å². The lowest BCUT2D eigenvalue weighted by Gasteiger charge is -2.18. The Balaban J connectivity index is 2.10. The molecule has 0 aliphatic carbocycles. The molecule has 21 heavy (non-hydrogen) atoms. The van der Waals surface area contributed by atoms with Gasteiger partial charge in [0.05, 0.1) is 14.2 Å². The molecule has 4 heteroatoms. The van der Waals surface area contributed by atoms with Gasteiger partial charge in [-0.05, 0) is 48.6 Å². The van der Waals surface area contributed by atoms with Crippen LogP contribution in [0.15, 0.2) is 29.6 Å². The van der Waals surface area contributed by atoms with Crippen LogP contribution in [0.2, 0.25) is 0 Å². The molecule has 3 nitrogen and oxygen atoms in total. The molecular weight excluding hydrogens is 282 g/mol. The van der Waals surface area contributed by atoms with E-state index in [4.69, 9.17) is 9.47 Å². The highest BCUT2D eigenvalue weighted by molar-refractivity contribution is 7.10. The largest absolute Gasteiger partial charge is 0.497 e. The van der Waals surface area contributed by atoms with E-state index < -0.39 is 0 Å². The summed E-state index contributed by atoms with van der Waals surface area (Å²) in [5, 5.41) is 5.74. The van der Waals surface area contributed by atoms with Crippen molar-refractivity contribution in [1.29, 1.82) is 0 Å². The maximum absolute atomic E-state index is 5.45. The average Bonchev–Trinajstić information content (AvgIpc) is 2.99. The van der Waals surface area contributed by atoms with Crippen molar-refractivity contribution in [2.45, 2.75) is 32.9 Å². The van der Waals surface area contributed by atoms with E-state index in [-0.39, 0.29) is 6.04 Å². The molecule has 1 aromatic heterocycles. The fourth-order valence-corrected chi connectivity index (χ4v) is 3.30. The fraction of sp³-hybridized carbons (Fsp3) is 0.412. The van der Waals surface area contributed by atoms with E-state index in [9.17, 15) is 0 Å². The van der Waals surface area contributed by atoms with Crippen LogP contribution >= 0.6 is 11.3 Å². The molecule has 0 radical (unpaired) electrons. The van der Waals surface area contributed by atoms with E-state index in [1.165, 1.54) is 10.4 Å². The van der Waals surface area contributed by atoms with Crippen LogP contribution < -0.4 is 14.8 Å². The first-order valence-corrected chi connectivity index (χ1v) is 8.08. The van der Waals surface area contributed by atoms with Crippen molar-refractivity contribution in [2.24, 2.45) is 0 Å². The number of hydrogen-bond acceptors (Lipinski definition) is 4. The number of thiophene rings is 1. The van der Waals surface area contributed by atoms with E-state index in [1.807, 2.05) is 29.5 Å². The van der Waals surface area contributed by atoms with Crippen LogP contribution in [0.3, 0.4) is 0 Å². The summed E-state index contributed by atoms with van der Waals surface area (Å²) in [7, 11) is 3.38. The van der Waals surface area contributed by atoms with Crippen LogP contribution in [-0.4, -0.2) is 14.2 Å². The zero-order chi connectivity index (χ0) is 15.2. The van der Waals surface area contributed by atoms with Gasteiger partial charge >= 0.3 is 0 Å². The summed E-state index contributed by atoms with van der Waals surface area (Å²) in [5.74, 6) is 1.74. The van der Waals surface area contributed by atoms with E-state index in [2.05, 4.69) is 30.6 Å². The Morgan fingerprint density at radius 2 is 2.00 bits per heavy atom. The summed E-state index contributed by atoms with van der Waals surface area (Å²) >= 11 is 1.81. The number of rotatable bonds is 7. The van der Waals surface area contributed by atoms with Crippen LogP contribution in [-0.2, 0) is 13.0 Å².